The van der Waals surface area contributed by atoms with Gasteiger partial charge in [0.25, 0.3) is 0 Å². The molecule has 0 bridgehead atoms. The molecule has 8 nitrogen and oxygen atoms in total. The number of fused-ring (bicyclic) bond motifs is 2. The molecule has 0 amide bonds. The molecule has 0 spiro atoms. The van der Waals surface area contributed by atoms with E-state index in [1.165, 1.54) is 11.3 Å². The fourth-order valence-electron chi connectivity index (χ4n) is 6.38. The molecule has 0 aliphatic carbocycles. The molecule has 8 heteroatoms. The third kappa shape index (κ3) is 4.75. The largest absolute Gasteiger partial charge is 0.368 e. The number of rotatable bonds is 5. The minimum Gasteiger partial charge on any atom is -0.368 e. The number of nitrogens with two attached hydrogens (primary N) is 1. The lowest BCUT2D eigenvalue weighted by Gasteiger charge is -2.51. The minimum atomic E-state index is -0.0846. The fraction of sp³-hybridized carbons (Fsp3) is 0.483. The van der Waals surface area contributed by atoms with Crippen molar-refractivity contribution < 1.29 is 0 Å². The second-order valence-corrected chi connectivity index (χ2v) is 11.4. The van der Waals surface area contributed by atoms with E-state index < -0.39 is 0 Å². The van der Waals surface area contributed by atoms with E-state index in [0.717, 1.165) is 75.5 Å². The van der Waals surface area contributed by atoms with Gasteiger partial charge in [-0.05, 0) is 56.2 Å². The van der Waals surface area contributed by atoms with Crippen LogP contribution in [-0.4, -0.2) is 89.7 Å². The predicted octanol–water partition coefficient (Wildman–Crippen LogP) is 2.48. The quantitative estimate of drug-likeness (QED) is 0.576. The second-order valence-electron chi connectivity index (χ2n) is 11.4. The Balaban J connectivity index is 1.10. The number of pyridine rings is 2. The fourth-order valence-corrected chi connectivity index (χ4v) is 6.38. The number of aromatic nitrogens is 2. The SMILES string of the molecule is CC1CN(c2ccc(C#N)c3ncccc23)CC2CN(CCc3ccc(N4CC(C)(N)C4)nc3)CCN12. The molecular weight excluding hydrogens is 460 g/mol. The highest BCUT2D eigenvalue weighted by Crippen LogP contribution is 2.32. The highest BCUT2D eigenvalue weighted by molar-refractivity contribution is 5.95. The van der Waals surface area contributed by atoms with Crippen molar-refractivity contribution in [1.82, 2.24) is 19.8 Å². The zero-order chi connectivity index (χ0) is 25.6. The normalized spacial score (nSPS) is 23.9. The maximum absolute atomic E-state index is 9.54. The number of benzene rings is 1. The maximum Gasteiger partial charge on any atom is 0.128 e. The number of nitrogens with zero attached hydrogens (tertiary/aromatic N) is 7. The van der Waals surface area contributed by atoms with Crippen molar-refractivity contribution >= 4 is 22.4 Å². The van der Waals surface area contributed by atoms with Crippen molar-refractivity contribution in [3.63, 3.8) is 0 Å². The first-order valence-electron chi connectivity index (χ1n) is 13.4. The van der Waals surface area contributed by atoms with E-state index in [2.05, 4.69) is 68.8 Å². The molecule has 2 unspecified atom stereocenters. The number of anilines is 2. The van der Waals surface area contributed by atoms with Crippen LogP contribution in [0.2, 0.25) is 0 Å². The van der Waals surface area contributed by atoms with Gasteiger partial charge in [0.15, 0.2) is 0 Å². The Morgan fingerprint density at radius 1 is 1.05 bits per heavy atom. The molecule has 3 aliphatic heterocycles. The summed E-state index contributed by atoms with van der Waals surface area (Å²) in [4.78, 5) is 19.3. The summed E-state index contributed by atoms with van der Waals surface area (Å²) in [5, 5.41) is 10.6. The van der Waals surface area contributed by atoms with Gasteiger partial charge < -0.3 is 20.4 Å². The monoisotopic (exact) mass is 496 g/mol. The molecule has 2 aromatic heterocycles. The molecular formula is C29H36N8. The minimum absolute atomic E-state index is 0.0846. The van der Waals surface area contributed by atoms with E-state index >= 15 is 0 Å². The summed E-state index contributed by atoms with van der Waals surface area (Å²) < 4.78 is 0. The van der Waals surface area contributed by atoms with Gasteiger partial charge in [-0.2, -0.15) is 5.26 Å². The highest BCUT2D eigenvalue weighted by atomic mass is 15.4. The summed E-state index contributed by atoms with van der Waals surface area (Å²) in [5.41, 5.74) is 9.98. The summed E-state index contributed by atoms with van der Waals surface area (Å²) in [6.07, 6.45) is 4.82. The smallest absolute Gasteiger partial charge is 0.128 e. The Kier molecular flexibility index (Phi) is 6.23. The lowest BCUT2D eigenvalue weighted by Crippen LogP contribution is -2.65. The average molecular weight is 497 g/mol. The lowest BCUT2D eigenvalue weighted by molar-refractivity contribution is 0.0356. The van der Waals surface area contributed by atoms with E-state index in [1.54, 1.807) is 6.20 Å². The standard InChI is InChI=1S/C29H36N8/c1-21-16-35(26-7-6-23(14-30)28-25(26)4-3-10-32-28)18-24-17-34(12-13-37(21)24)11-9-22-5-8-27(33-15-22)36-19-29(2,31)20-36/h3-8,10,15,21,24H,9,11-13,16-20,31H2,1-2H3. The van der Waals surface area contributed by atoms with Crippen molar-refractivity contribution in [3.05, 3.63) is 59.9 Å². The van der Waals surface area contributed by atoms with E-state index in [9.17, 15) is 5.26 Å². The average Bonchev–Trinajstić information content (AvgIpc) is 2.90. The van der Waals surface area contributed by atoms with Gasteiger partial charge in [-0.1, -0.05) is 6.07 Å². The number of piperazine rings is 2. The van der Waals surface area contributed by atoms with E-state index in [4.69, 9.17) is 10.7 Å². The molecule has 2 atom stereocenters. The Labute approximate surface area is 219 Å². The molecule has 0 radical (unpaired) electrons. The molecule has 192 valence electrons. The molecule has 0 saturated carbocycles. The van der Waals surface area contributed by atoms with Crippen LogP contribution in [0.4, 0.5) is 11.5 Å². The summed E-state index contributed by atoms with van der Waals surface area (Å²) in [6, 6.07) is 15.7. The zero-order valence-corrected chi connectivity index (χ0v) is 21.8. The molecule has 5 heterocycles. The molecule has 3 fully saturated rings. The van der Waals surface area contributed by atoms with Gasteiger partial charge in [0.2, 0.25) is 0 Å². The van der Waals surface area contributed by atoms with E-state index in [-0.39, 0.29) is 5.54 Å². The van der Waals surface area contributed by atoms with Crippen LogP contribution >= 0.6 is 0 Å². The van der Waals surface area contributed by atoms with Gasteiger partial charge in [0.05, 0.1) is 11.1 Å². The van der Waals surface area contributed by atoms with Gasteiger partial charge in [0, 0.05) is 93.4 Å². The first-order chi connectivity index (χ1) is 17.9. The summed E-state index contributed by atoms with van der Waals surface area (Å²) in [5.74, 6) is 1.03. The Morgan fingerprint density at radius 3 is 2.68 bits per heavy atom. The van der Waals surface area contributed by atoms with Crippen molar-refractivity contribution in [3.8, 4) is 6.07 Å². The van der Waals surface area contributed by atoms with E-state index in [0.29, 0.717) is 17.6 Å². The van der Waals surface area contributed by atoms with Crippen molar-refractivity contribution in [2.75, 3.05) is 62.2 Å². The molecule has 3 aliphatic rings. The first-order valence-corrected chi connectivity index (χ1v) is 13.4. The maximum atomic E-state index is 9.54. The summed E-state index contributed by atoms with van der Waals surface area (Å²) >= 11 is 0. The molecule has 3 saturated heterocycles. The zero-order valence-electron chi connectivity index (χ0n) is 21.8. The van der Waals surface area contributed by atoms with Crippen LogP contribution in [0.15, 0.2) is 48.8 Å². The third-order valence-electron chi connectivity index (χ3n) is 8.26. The van der Waals surface area contributed by atoms with Crippen LogP contribution < -0.4 is 15.5 Å². The number of hydrogen-bond acceptors (Lipinski definition) is 8. The topological polar surface area (TPSA) is 88.5 Å². The van der Waals surface area contributed by atoms with Gasteiger partial charge >= 0.3 is 0 Å². The summed E-state index contributed by atoms with van der Waals surface area (Å²) in [6.45, 7) is 12.5. The van der Waals surface area contributed by atoms with Gasteiger partial charge in [-0.3, -0.25) is 9.88 Å². The lowest BCUT2D eigenvalue weighted by atomic mass is 9.94. The molecule has 6 rings (SSSR count). The third-order valence-corrected chi connectivity index (χ3v) is 8.26. The van der Waals surface area contributed by atoms with Crippen molar-refractivity contribution in [2.45, 2.75) is 37.9 Å². The molecule has 1 aromatic carbocycles. The van der Waals surface area contributed by atoms with E-state index in [1.807, 2.05) is 18.3 Å². The Morgan fingerprint density at radius 2 is 1.92 bits per heavy atom. The molecule has 3 aromatic rings. The van der Waals surface area contributed by atoms with Crippen LogP contribution in [0.25, 0.3) is 10.9 Å². The summed E-state index contributed by atoms with van der Waals surface area (Å²) in [7, 11) is 0. The van der Waals surface area contributed by atoms with Crippen LogP contribution in [-0.2, 0) is 6.42 Å². The number of nitriles is 1. The Bertz CT molecular complexity index is 1310. The van der Waals surface area contributed by atoms with Crippen LogP contribution in [0.5, 0.6) is 0 Å². The van der Waals surface area contributed by atoms with Gasteiger partial charge in [-0.15, -0.1) is 0 Å². The molecule has 2 N–H and O–H groups in total. The highest BCUT2D eigenvalue weighted by Gasteiger charge is 2.37. The van der Waals surface area contributed by atoms with Gasteiger partial charge in [0.1, 0.15) is 11.9 Å². The van der Waals surface area contributed by atoms with Crippen molar-refractivity contribution in [2.24, 2.45) is 5.73 Å². The van der Waals surface area contributed by atoms with Crippen LogP contribution in [0.1, 0.15) is 25.0 Å². The van der Waals surface area contributed by atoms with Crippen LogP contribution in [0, 0.1) is 11.3 Å². The number of hydrogen-bond donors (Lipinski definition) is 1. The second kappa shape index (κ2) is 9.56. The van der Waals surface area contributed by atoms with Crippen LogP contribution in [0.3, 0.4) is 0 Å². The van der Waals surface area contributed by atoms with Gasteiger partial charge in [-0.25, -0.2) is 4.98 Å². The van der Waals surface area contributed by atoms with Crippen molar-refractivity contribution in [1.29, 1.82) is 5.26 Å². The Hall–Kier alpha value is -3.25. The molecule has 37 heavy (non-hydrogen) atoms. The first kappa shape index (κ1) is 24.1. The predicted molar refractivity (Wildman–Crippen MR) is 148 cm³/mol.